The Labute approximate surface area is 244 Å². The van der Waals surface area contributed by atoms with Gasteiger partial charge < -0.3 is 25.4 Å². The van der Waals surface area contributed by atoms with Gasteiger partial charge in [0, 0.05) is 24.3 Å². The number of imide groups is 1. The summed E-state index contributed by atoms with van der Waals surface area (Å²) in [6.07, 6.45) is 6.42. The summed E-state index contributed by atoms with van der Waals surface area (Å²) in [5.74, 6) is -0.584. The first-order valence-corrected chi connectivity index (χ1v) is 14.8. The topological polar surface area (TPSA) is 144 Å². The van der Waals surface area contributed by atoms with Crippen molar-refractivity contribution in [2.24, 2.45) is 11.1 Å². The van der Waals surface area contributed by atoms with Crippen molar-refractivity contribution in [1.82, 2.24) is 20.1 Å². The fourth-order valence-corrected chi connectivity index (χ4v) is 7.17. The number of fused-ring (bicyclic) bond motifs is 1. The Bertz CT molecular complexity index is 1360. The Morgan fingerprint density at radius 2 is 1.83 bits per heavy atom. The van der Waals surface area contributed by atoms with Crippen LogP contribution in [-0.4, -0.2) is 69.0 Å². The molecule has 2 aliphatic carbocycles. The maximum atomic E-state index is 13.5. The van der Waals surface area contributed by atoms with E-state index in [4.69, 9.17) is 15.2 Å². The average molecular weight is 576 g/mol. The molecule has 222 valence electrons. The lowest BCUT2D eigenvalue weighted by molar-refractivity contribution is -0.130. The average Bonchev–Trinajstić information content (AvgIpc) is 3.48. The van der Waals surface area contributed by atoms with Crippen LogP contribution in [0.25, 0.3) is 0 Å². The van der Waals surface area contributed by atoms with Crippen LogP contribution in [0.3, 0.4) is 0 Å². The SMILES string of the molecule is CC[C@@H]1C[C@]2(CC3NC(=O)N([C@H]4CC[C@H](Oc5ncccc5C(N)=O)CC4)C3=O)C[C@H]2N1C(=O)OCc1ccccc1. The van der Waals surface area contributed by atoms with Crippen LogP contribution in [0.4, 0.5) is 9.59 Å². The predicted molar refractivity (Wildman–Crippen MR) is 151 cm³/mol. The first-order valence-electron chi connectivity index (χ1n) is 14.8. The number of amides is 5. The fourth-order valence-electron chi connectivity index (χ4n) is 7.17. The van der Waals surface area contributed by atoms with Crippen molar-refractivity contribution in [3.05, 3.63) is 59.8 Å². The lowest BCUT2D eigenvalue weighted by atomic mass is 9.89. The van der Waals surface area contributed by atoms with E-state index < -0.39 is 11.9 Å². The Morgan fingerprint density at radius 3 is 2.55 bits per heavy atom. The second-order valence-corrected chi connectivity index (χ2v) is 12.0. The zero-order valence-electron chi connectivity index (χ0n) is 23.7. The second-order valence-electron chi connectivity index (χ2n) is 12.0. The summed E-state index contributed by atoms with van der Waals surface area (Å²) in [5, 5.41) is 2.93. The van der Waals surface area contributed by atoms with Gasteiger partial charge in [0.05, 0.1) is 0 Å². The maximum absolute atomic E-state index is 13.5. The molecule has 4 atom stereocenters. The normalized spacial score (nSPS) is 30.1. The Morgan fingerprint density at radius 1 is 1.07 bits per heavy atom. The highest BCUT2D eigenvalue weighted by Gasteiger charge is 2.67. The van der Waals surface area contributed by atoms with Crippen LogP contribution in [0.2, 0.25) is 0 Å². The molecule has 1 unspecified atom stereocenters. The van der Waals surface area contributed by atoms with Crippen molar-refractivity contribution in [2.45, 2.75) is 95.2 Å². The number of hydrogen-bond donors (Lipinski definition) is 2. The van der Waals surface area contributed by atoms with E-state index in [1.165, 1.54) is 4.90 Å². The Hall–Kier alpha value is -4.15. The molecule has 6 rings (SSSR count). The van der Waals surface area contributed by atoms with Crippen molar-refractivity contribution in [2.75, 3.05) is 0 Å². The number of piperidine rings is 1. The van der Waals surface area contributed by atoms with Gasteiger partial charge in [0.15, 0.2) is 0 Å². The van der Waals surface area contributed by atoms with Crippen molar-refractivity contribution in [3.63, 3.8) is 0 Å². The summed E-state index contributed by atoms with van der Waals surface area (Å²) >= 11 is 0. The predicted octanol–water partition coefficient (Wildman–Crippen LogP) is 3.76. The van der Waals surface area contributed by atoms with Gasteiger partial charge in [-0.15, -0.1) is 0 Å². The number of benzene rings is 1. The Balaban J connectivity index is 1.04. The number of pyridine rings is 1. The van der Waals surface area contributed by atoms with E-state index in [2.05, 4.69) is 17.2 Å². The van der Waals surface area contributed by atoms with Crippen molar-refractivity contribution in [3.8, 4) is 5.88 Å². The molecule has 2 saturated heterocycles. The number of carbonyl (C=O) groups excluding carboxylic acids is 4. The van der Waals surface area contributed by atoms with E-state index in [1.807, 2.05) is 35.2 Å². The zero-order chi connectivity index (χ0) is 29.4. The molecule has 2 aliphatic heterocycles. The number of rotatable bonds is 9. The molecular formula is C31H37N5O6. The third-order valence-electron chi connectivity index (χ3n) is 9.39. The summed E-state index contributed by atoms with van der Waals surface area (Å²) in [6.45, 7) is 2.29. The van der Waals surface area contributed by atoms with Crippen molar-refractivity contribution >= 4 is 23.9 Å². The quantitative estimate of drug-likeness (QED) is 0.433. The molecule has 0 spiro atoms. The zero-order valence-corrected chi connectivity index (χ0v) is 23.7. The standard InChI is InChI=1S/C31H37N5O6/c1-2-20-15-31(17-25(31)35(20)30(40)41-18-19-7-4-3-5-8-19)16-24-28(38)36(29(39)34-24)21-10-12-22(13-11-21)42-27-23(26(32)37)9-6-14-33-27/h3-9,14,20-22,24-25H,2,10-13,15-18H2,1H3,(H2,32,37)(H,34,39)/t20-,21-,22-,24?,25-,31+/m1/s1. The lowest BCUT2D eigenvalue weighted by Gasteiger charge is -2.33. The number of aromatic nitrogens is 1. The van der Waals surface area contributed by atoms with E-state index in [0.717, 1.165) is 24.8 Å². The molecule has 3 heterocycles. The molecule has 4 fully saturated rings. The number of ether oxygens (including phenoxy) is 2. The Kier molecular flexibility index (Phi) is 7.51. The molecule has 42 heavy (non-hydrogen) atoms. The molecule has 5 amide bonds. The summed E-state index contributed by atoms with van der Waals surface area (Å²) in [4.78, 5) is 58.7. The minimum atomic E-state index is -0.603. The van der Waals surface area contributed by atoms with Crippen LogP contribution in [0.15, 0.2) is 48.7 Å². The van der Waals surface area contributed by atoms with Gasteiger partial charge in [-0.1, -0.05) is 37.3 Å². The van der Waals surface area contributed by atoms with Gasteiger partial charge in [0.1, 0.15) is 24.3 Å². The first-order chi connectivity index (χ1) is 20.3. The fraction of sp³-hybridized carbons (Fsp3) is 0.516. The summed E-state index contributed by atoms with van der Waals surface area (Å²) in [6, 6.07) is 11.7. The summed E-state index contributed by atoms with van der Waals surface area (Å²) < 4.78 is 11.6. The third kappa shape index (κ3) is 5.28. The molecule has 1 aromatic carbocycles. The number of urea groups is 1. The minimum Gasteiger partial charge on any atom is -0.474 e. The number of nitrogens with zero attached hydrogens (tertiary/aromatic N) is 3. The largest absolute Gasteiger partial charge is 0.474 e. The molecular weight excluding hydrogens is 538 g/mol. The van der Waals surface area contributed by atoms with Gasteiger partial charge in [-0.05, 0) is 74.5 Å². The highest BCUT2D eigenvalue weighted by Crippen LogP contribution is 2.63. The van der Waals surface area contributed by atoms with E-state index in [9.17, 15) is 19.2 Å². The number of primary amides is 1. The first kappa shape index (κ1) is 28.0. The van der Waals surface area contributed by atoms with Gasteiger partial charge in [-0.2, -0.15) is 0 Å². The van der Waals surface area contributed by atoms with Crippen LogP contribution >= 0.6 is 0 Å². The number of nitrogens with one attached hydrogen (secondary N) is 1. The number of nitrogens with two attached hydrogens (primary N) is 1. The van der Waals surface area contributed by atoms with Crippen LogP contribution in [0.1, 0.15) is 74.2 Å². The van der Waals surface area contributed by atoms with Gasteiger partial charge >= 0.3 is 12.1 Å². The number of carbonyl (C=O) groups is 4. The molecule has 2 saturated carbocycles. The smallest absolute Gasteiger partial charge is 0.410 e. The lowest BCUT2D eigenvalue weighted by Crippen LogP contribution is -2.44. The monoisotopic (exact) mass is 575 g/mol. The second kappa shape index (κ2) is 11.3. The van der Waals surface area contributed by atoms with Crippen molar-refractivity contribution < 1.29 is 28.7 Å². The molecule has 0 bridgehead atoms. The van der Waals surface area contributed by atoms with Crippen LogP contribution in [0, 0.1) is 5.41 Å². The van der Waals surface area contributed by atoms with Gasteiger partial charge in [0.25, 0.3) is 11.8 Å². The molecule has 4 aliphatic rings. The molecule has 1 aromatic heterocycles. The highest BCUT2D eigenvalue weighted by molar-refractivity contribution is 6.04. The van der Waals surface area contributed by atoms with Crippen molar-refractivity contribution in [1.29, 1.82) is 0 Å². The van der Waals surface area contributed by atoms with Crippen LogP contribution in [-0.2, 0) is 16.1 Å². The number of hydrogen-bond acceptors (Lipinski definition) is 7. The molecule has 11 heteroatoms. The third-order valence-corrected chi connectivity index (χ3v) is 9.39. The summed E-state index contributed by atoms with van der Waals surface area (Å²) in [5.41, 5.74) is 6.43. The highest BCUT2D eigenvalue weighted by atomic mass is 16.6. The number of likely N-dealkylation sites (tertiary alicyclic amines) is 1. The van der Waals surface area contributed by atoms with E-state index in [-0.39, 0.29) is 65.7 Å². The maximum Gasteiger partial charge on any atom is 0.410 e. The van der Waals surface area contributed by atoms with Gasteiger partial charge in [-0.25, -0.2) is 14.6 Å². The van der Waals surface area contributed by atoms with E-state index >= 15 is 0 Å². The molecule has 0 radical (unpaired) electrons. The molecule has 3 N–H and O–H groups in total. The van der Waals surface area contributed by atoms with Crippen LogP contribution < -0.4 is 15.8 Å². The van der Waals surface area contributed by atoms with Gasteiger partial charge in [-0.3, -0.25) is 14.5 Å². The van der Waals surface area contributed by atoms with E-state index in [0.29, 0.717) is 32.1 Å². The van der Waals surface area contributed by atoms with Crippen LogP contribution in [0.5, 0.6) is 5.88 Å². The van der Waals surface area contributed by atoms with E-state index in [1.54, 1.807) is 18.3 Å². The molecule has 2 aromatic rings. The summed E-state index contributed by atoms with van der Waals surface area (Å²) in [7, 11) is 0. The van der Waals surface area contributed by atoms with Gasteiger partial charge in [0.2, 0.25) is 5.88 Å². The minimum absolute atomic E-state index is 0.0222. The molecule has 11 nitrogen and oxygen atoms in total.